The van der Waals surface area contributed by atoms with Crippen LogP contribution < -0.4 is 0 Å². The molecule has 1 aromatic rings. The number of methoxy groups -OCH3 is 1. The van der Waals surface area contributed by atoms with Gasteiger partial charge in [0.25, 0.3) is 0 Å². The minimum Gasteiger partial charge on any atom is -0.465 e. The molecule has 0 aliphatic rings. The Bertz CT molecular complexity index is 443. The zero-order valence-electron chi connectivity index (χ0n) is 9.50. The zero-order valence-corrected chi connectivity index (χ0v) is 11.8. The standard InChI is InChI=1S/C12H12BrClO3/c1-7(14)11(15)8-3-4-10(12(16)17-2)9(5-8)6-13/h3-5,7H,6H2,1-2H3. The van der Waals surface area contributed by atoms with E-state index in [0.29, 0.717) is 22.0 Å². The largest absolute Gasteiger partial charge is 0.465 e. The average Bonchev–Trinajstić information content (AvgIpc) is 2.35. The van der Waals surface area contributed by atoms with Crippen molar-refractivity contribution in [2.45, 2.75) is 17.6 Å². The number of hydrogen-bond acceptors (Lipinski definition) is 3. The molecule has 1 unspecified atom stereocenters. The normalized spacial score (nSPS) is 12.0. The van der Waals surface area contributed by atoms with Crippen molar-refractivity contribution in [1.82, 2.24) is 0 Å². The first kappa shape index (κ1) is 14.2. The van der Waals surface area contributed by atoms with Crippen LogP contribution in [0.2, 0.25) is 0 Å². The average molecular weight is 320 g/mol. The molecular weight excluding hydrogens is 307 g/mol. The number of esters is 1. The molecule has 0 spiro atoms. The second-order valence-corrected chi connectivity index (χ2v) is 4.69. The van der Waals surface area contributed by atoms with Crippen LogP contribution >= 0.6 is 27.5 Å². The van der Waals surface area contributed by atoms with E-state index in [1.165, 1.54) is 7.11 Å². The molecule has 0 N–H and O–H groups in total. The Kier molecular flexibility index (Phi) is 5.15. The number of halogens is 2. The number of hydrogen-bond donors (Lipinski definition) is 0. The maximum atomic E-state index is 11.7. The molecule has 17 heavy (non-hydrogen) atoms. The lowest BCUT2D eigenvalue weighted by Crippen LogP contribution is -2.12. The highest BCUT2D eigenvalue weighted by Crippen LogP contribution is 2.18. The topological polar surface area (TPSA) is 43.4 Å². The molecule has 1 aromatic carbocycles. The summed E-state index contributed by atoms with van der Waals surface area (Å²) in [4.78, 5) is 23.2. The Balaban J connectivity index is 3.17. The van der Waals surface area contributed by atoms with Gasteiger partial charge < -0.3 is 4.74 Å². The van der Waals surface area contributed by atoms with Crippen LogP contribution in [0.15, 0.2) is 18.2 Å². The van der Waals surface area contributed by atoms with Gasteiger partial charge in [0.1, 0.15) is 0 Å². The summed E-state index contributed by atoms with van der Waals surface area (Å²) < 4.78 is 4.66. The van der Waals surface area contributed by atoms with Crippen LogP contribution in [0.5, 0.6) is 0 Å². The third-order valence-corrected chi connectivity index (χ3v) is 3.10. The molecule has 1 atom stereocenters. The van der Waals surface area contributed by atoms with Crippen molar-refractivity contribution in [3.05, 3.63) is 34.9 Å². The maximum Gasteiger partial charge on any atom is 0.338 e. The van der Waals surface area contributed by atoms with Crippen LogP contribution in [0.1, 0.15) is 33.2 Å². The maximum absolute atomic E-state index is 11.7. The van der Waals surface area contributed by atoms with Gasteiger partial charge in [0.2, 0.25) is 0 Å². The second-order valence-electron chi connectivity index (χ2n) is 3.48. The lowest BCUT2D eigenvalue weighted by Gasteiger charge is -2.08. The van der Waals surface area contributed by atoms with Crippen LogP contribution in [0.4, 0.5) is 0 Å². The molecule has 0 aliphatic carbocycles. The van der Waals surface area contributed by atoms with Gasteiger partial charge in [-0.15, -0.1) is 11.6 Å². The molecule has 5 heteroatoms. The van der Waals surface area contributed by atoms with E-state index in [1.54, 1.807) is 25.1 Å². The first-order chi connectivity index (χ1) is 8.01. The summed E-state index contributed by atoms with van der Waals surface area (Å²) in [6.45, 7) is 1.62. The molecular formula is C12H12BrClO3. The fraction of sp³-hybridized carbons (Fsp3) is 0.333. The van der Waals surface area contributed by atoms with E-state index in [9.17, 15) is 9.59 Å². The third kappa shape index (κ3) is 3.30. The van der Waals surface area contributed by atoms with Gasteiger partial charge in [0.15, 0.2) is 5.78 Å². The summed E-state index contributed by atoms with van der Waals surface area (Å²) in [5.41, 5.74) is 1.65. The van der Waals surface area contributed by atoms with Crippen molar-refractivity contribution >= 4 is 39.3 Å². The lowest BCUT2D eigenvalue weighted by atomic mass is 10.0. The fourth-order valence-electron chi connectivity index (χ4n) is 1.40. The summed E-state index contributed by atoms with van der Waals surface area (Å²) >= 11 is 9.01. The van der Waals surface area contributed by atoms with Crippen LogP contribution in [-0.2, 0) is 10.1 Å². The van der Waals surface area contributed by atoms with E-state index in [2.05, 4.69) is 20.7 Å². The Morgan fingerprint density at radius 2 is 2.12 bits per heavy atom. The molecule has 0 heterocycles. The number of carbonyl (C=O) groups is 2. The van der Waals surface area contributed by atoms with Gasteiger partial charge >= 0.3 is 5.97 Å². The number of rotatable bonds is 4. The monoisotopic (exact) mass is 318 g/mol. The SMILES string of the molecule is COC(=O)c1ccc(C(=O)C(C)Cl)cc1CBr. The molecule has 92 valence electrons. The van der Waals surface area contributed by atoms with Gasteiger partial charge in [-0.3, -0.25) is 4.79 Å². The molecule has 0 amide bonds. The van der Waals surface area contributed by atoms with Gasteiger partial charge in [0.05, 0.1) is 18.1 Å². The van der Waals surface area contributed by atoms with Crippen molar-refractivity contribution in [3.8, 4) is 0 Å². The number of ketones is 1. The number of benzene rings is 1. The zero-order chi connectivity index (χ0) is 13.0. The third-order valence-electron chi connectivity index (χ3n) is 2.30. The van der Waals surface area contributed by atoms with Gasteiger partial charge in [-0.25, -0.2) is 4.79 Å². The van der Waals surface area contributed by atoms with Crippen molar-refractivity contribution in [3.63, 3.8) is 0 Å². The summed E-state index contributed by atoms with van der Waals surface area (Å²) in [6, 6.07) is 4.82. The van der Waals surface area contributed by atoms with E-state index in [1.807, 2.05) is 0 Å². The minimum absolute atomic E-state index is 0.162. The van der Waals surface area contributed by atoms with Crippen LogP contribution in [0, 0.1) is 0 Å². The molecule has 0 saturated carbocycles. The number of Topliss-reactive ketones (excluding diaryl/α,β-unsaturated/α-hetero) is 1. The van der Waals surface area contributed by atoms with Gasteiger partial charge in [-0.2, -0.15) is 0 Å². The van der Waals surface area contributed by atoms with Crippen LogP contribution in [0.25, 0.3) is 0 Å². The van der Waals surface area contributed by atoms with Crippen LogP contribution in [-0.4, -0.2) is 24.2 Å². The quantitative estimate of drug-likeness (QED) is 0.486. The Morgan fingerprint density at radius 3 is 2.59 bits per heavy atom. The molecule has 1 rings (SSSR count). The summed E-state index contributed by atoms with van der Waals surface area (Å²) in [6.07, 6.45) is 0. The Hall–Kier alpha value is -0.870. The second kappa shape index (κ2) is 6.17. The van der Waals surface area contributed by atoms with E-state index in [-0.39, 0.29) is 5.78 Å². The van der Waals surface area contributed by atoms with Gasteiger partial charge in [-0.1, -0.05) is 22.0 Å². The number of ether oxygens (including phenoxy) is 1. The summed E-state index contributed by atoms with van der Waals surface area (Å²) in [5, 5.41) is -0.114. The summed E-state index contributed by atoms with van der Waals surface area (Å²) in [7, 11) is 1.32. The molecule has 3 nitrogen and oxygen atoms in total. The Morgan fingerprint density at radius 1 is 1.47 bits per heavy atom. The molecule has 0 saturated heterocycles. The fourth-order valence-corrected chi connectivity index (χ4v) is 1.99. The predicted molar refractivity (Wildman–Crippen MR) is 70.1 cm³/mol. The predicted octanol–water partition coefficient (Wildman–Crippen LogP) is 3.18. The number of alkyl halides is 2. The van der Waals surface area contributed by atoms with E-state index in [4.69, 9.17) is 11.6 Å². The smallest absolute Gasteiger partial charge is 0.338 e. The minimum atomic E-state index is -0.581. The van der Waals surface area contributed by atoms with E-state index < -0.39 is 11.3 Å². The first-order valence-corrected chi connectivity index (χ1v) is 6.52. The molecule has 0 radical (unpaired) electrons. The molecule has 0 bridgehead atoms. The molecule has 0 aromatic heterocycles. The highest BCUT2D eigenvalue weighted by molar-refractivity contribution is 9.08. The van der Waals surface area contributed by atoms with Crippen molar-refractivity contribution in [1.29, 1.82) is 0 Å². The highest BCUT2D eigenvalue weighted by Gasteiger charge is 2.16. The van der Waals surface area contributed by atoms with E-state index in [0.717, 1.165) is 0 Å². The van der Waals surface area contributed by atoms with Gasteiger partial charge in [-0.05, 0) is 24.6 Å². The van der Waals surface area contributed by atoms with Crippen LogP contribution in [0.3, 0.4) is 0 Å². The van der Waals surface area contributed by atoms with Crippen molar-refractivity contribution in [2.75, 3.05) is 7.11 Å². The lowest BCUT2D eigenvalue weighted by molar-refractivity contribution is 0.0599. The first-order valence-electron chi connectivity index (χ1n) is 4.96. The van der Waals surface area contributed by atoms with Crippen molar-refractivity contribution < 1.29 is 14.3 Å². The Labute approximate surface area is 113 Å². The van der Waals surface area contributed by atoms with Crippen molar-refractivity contribution in [2.24, 2.45) is 0 Å². The number of carbonyl (C=O) groups excluding carboxylic acids is 2. The van der Waals surface area contributed by atoms with Gasteiger partial charge in [0, 0.05) is 10.9 Å². The highest BCUT2D eigenvalue weighted by atomic mass is 79.9. The van der Waals surface area contributed by atoms with E-state index >= 15 is 0 Å². The molecule has 0 aliphatic heterocycles. The molecule has 0 fully saturated rings. The summed E-state index contributed by atoms with van der Waals surface area (Å²) in [5.74, 6) is -0.581.